The van der Waals surface area contributed by atoms with Gasteiger partial charge in [0.05, 0.1) is 23.4 Å². The van der Waals surface area contributed by atoms with Crippen molar-refractivity contribution in [2.75, 3.05) is 19.1 Å². The summed E-state index contributed by atoms with van der Waals surface area (Å²) >= 11 is 6.34. The molecule has 0 atom stereocenters. The van der Waals surface area contributed by atoms with Crippen molar-refractivity contribution >= 4 is 34.7 Å². The Kier molecular flexibility index (Phi) is 5.78. The highest BCUT2D eigenvalue weighted by Gasteiger charge is 2.43. The number of para-hydroxylation sites is 2. The van der Waals surface area contributed by atoms with Crippen LogP contribution in [0.5, 0.6) is 5.75 Å². The Hall–Kier alpha value is -3.57. The van der Waals surface area contributed by atoms with Gasteiger partial charge in [-0.1, -0.05) is 72.3 Å². The third-order valence-corrected chi connectivity index (χ3v) is 5.49. The van der Waals surface area contributed by atoms with Gasteiger partial charge in [0.25, 0.3) is 11.8 Å². The standard InChI is InChI=1S/C25H21ClN2O3/c1-27(16-17-10-4-3-5-11-17)23-22(18-12-6-9-15-21(18)31-2)24(29)28(25(23)30)20-14-8-7-13-19(20)26/h3-15H,16H2,1-2H3. The van der Waals surface area contributed by atoms with Gasteiger partial charge in [0.15, 0.2) is 0 Å². The molecule has 0 radical (unpaired) electrons. The predicted octanol–water partition coefficient (Wildman–Crippen LogP) is 4.77. The van der Waals surface area contributed by atoms with Crippen LogP contribution in [0.3, 0.4) is 0 Å². The summed E-state index contributed by atoms with van der Waals surface area (Å²) in [5.74, 6) is -0.333. The normalized spacial score (nSPS) is 13.7. The van der Waals surface area contributed by atoms with Crippen LogP contribution in [0.4, 0.5) is 5.69 Å². The predicted molar refractivity (Wildman–Crippen MR) is 122 cm³/mol. The van der Waals surface area contributed by atoms with E-state index in [1.807, 2.05) is 42.5 Å². The molecular weight excluding hydrogens is 412 g/mol. The van der Waals surface area contributed by atoms with E-state index in [1.54, 1.807) is 55.5 Å². The SMILES string of the molecule is COc1ccccc1C1=C(N(C)Cc2ccccc2)C(=O)N(c2ccccc2Cl)C1=O. The summed E-state index contributed by atoms with van der Waals surface area (Å²) < 4.78 is 5.49. The minimum absolute atomic E-state index is 0.292. The zero-order valence-electron chi connectivity index (χ0n) is 17.2. The minimum Gasteiger partial charge on any atom is -0.496 e. The van der Waals surface area contributed by atoms with Gasteiger partial charge in [-0.05, 0) is 23.8 Å². The van der Waals surface area contributed by atoms with Gasteiger partial charge >= 0.3 is 0 Å². The molecule has 4 rings (SSSR count). The molecule has 1 aliphatic heterocycles. The number of imide groups is 1. The van der Waals surface area contributed by atoms with Gasteiger partial charge in [-0.15, -0.1) is 0 Å². The largest absolute Gasteiger partial charge is 0.496 e. The summed E-state index contributed by atoms with van der Waals surface area (Å²) in [5, 5.41) is 0.329. The number of hydrogen-bond acceptors (Lipinski definition) is 4. The highest BCUT2D eigenvalue weighted by Crippen LogP contribution is 2.40. The van der Waals surface area contributed by atoms with Crippen LogP contribution in [0.1, 0.15) is 11.1 Å². The Balaban J connectivity index is 1.86. The monoisotopic (exact) mass is 432 g/mol. The Morgan fingerprint density at radius 2 is 1.52 bits per heavy atom. The maximum atomic E-state index is 13.6. The van der Waals surface area contributed by atoms with Crippen molar-refractivity contribution in [3.8, 4) is 5.75 Å². The van der Waals surface area contributed by atoms with Crippen molar-refractivity contribution in [3.05, 3.63) is 101 Å². The highest BCUT2D eigenvalue weighted by atomic mass is 35.5. The Labute approximate surface area is 186 Å². The van der Waals surface area contributed by atoms with Gasteiger partial charge in [-0.2, -0.15) is 0 Å². The average molecular weight is 433 g/mol. The Morgan fingerprint density at radius 1 is 0.871 bits per heavy atom. The highest BCUT2D eigenvalue weighted by molar-refractivity contribution is 6.47. The molecule has 3 aromatic carbocycles. The van der Waals surface area contributed by atoms with E-state index in [0.29, 0.717) is 39.8 Å². The van der Waals surface area contributed by atoms with Crippen molar-refractivity contribution in [1.29, 1.82) is 0 Å². The van der Waals surface area contributed by atoms with E-state index in [4.69, 9.17) is 16.3 Å². The van der Waals surface area contributed by atoms with Crippen molar-refractivity contribution in [2.24, 2.45) is 0 Å². The number of halogens is 1. The Bertz CT molecular complexity index is 1170. The van der Waals surface area contributed by atoms with Gasteiger partial charge < -0.3 is 9.64 Å². The van der Waals surface area contributed by atoms with Crippen LogP contribution in [0.25, 0.3) is 5.57 Å². The molecular formula is C25H21ClN2O3. The van der Waals surface area contributed by atoms with Crippen LogP contribution in [-0.4, -0.2) is 30.9 Å². The molecule has 0 aliphatic carbocycles. The summed E-state index contributed by atoms with van der Waals surface area (Å²) in [4.78, 5) is 30.1. The van der Waals surface area contributed by atoms with E-state index >= 15 is 0 Å². The average Bonchev–Trinajstić information content (AvgIpc) is 3.04. The zero-order valence-corrected chi connectivity index (χ0v) is 18.0. The van der Waals surface area contributed by atoms with Crippen molar-refractivity contribution in [1.82, 2.24) is 4.90 Å². The van der Waals surface area contributed by atoms with E-state index in [2.05, 4.69) is 0 Å². The number of anilines is 1. The van der Waals surface area contributed by atoms with E-state index < -0.39 is 11.8 Å². The molecule has 0 unspecified atom stereocenters. The van der Waals surface area contributed by atoms with Gasteiger partial charge in [-0.3, -0.25) is 9.59 Å². The summed E-state index contributed by atoms with van der Waals surface area (Å²) in [6, 6.07) is 23.8. The quantitative estimate of drug-likeness (QED) is 0.527. The lowest BCUT2D eigenvalue weighted by atomic mass is 10.0. The lowest BCUT2D eigenvalue weighted by Crippen LogP contribution is -2.34. The van der Waals surface area contributed by atoms with Crippen LogP contribution >= 0.6 is 11.6 Å². The number of methoxy groups -OCH3 is 1. The molecule has 31 heavy (non-hydrogen) atoms. The molecule has 0 saturated heterocycles. The van der Waals surface area contributed by atoms with Gasteiger partial charge in [0.1, 0.15) is 11.4 Å². The maximum absolute atomic E-state index is 13.6. The number of likely N-dealkylation sites (N-methyl/N-ethyl adjacent to an activating group) is 1. The van der Waals surface area contributed by atoms with Crippen LogP contribution in [0, 0.1) is 0 Å². The third-order valence-electron chi connectivity index (χ3n) is 5.17. The first kappa shape index (κ1) is 20.7. The molecule has 0 spiro atoms. The fourth-order valence-electron chi connectivity index (χ4n) is 3.75. The molecule has 0 N–H and O–H groups in total. The van der Waals surface area contributed by atoms with E-state index in [0.717, 1.165) is 10.5 Å². The topological polar surface area (TPSA) is 49.9 Å². The molecule has 156 valence electrons. The number of hydrogen-bond donors (Lipinski definition) is 0. The molecule has 1 aliphatic rings. The maximum Gasteiger partial charge on any atom is 0.282 e. The molecule has 0 fully saturated rings. The molecule has 1 heterocycles. The second kappa shape index (κ2) is 8.66. The number of carbonyl (C=O) groups excluding carboxylic acids is 2. The Morgan fingerprint density at radius 3 is 2.23 bits per heavy atom. The molecule has 0 saturated carbocycles. The number of nitrogens with zero attached hydrogens (tertiary/aromatic N) is 2. The number of ether oxygens (including phenoxy) is 1. The van der Waals surface area contributed by atoms with Crippen LogP contribution in [0.15, 0.2) is 84.6 Å². The second-order valence-electron chi connectivity index (χ2n) is 7.16. The number of amides is 2. The van der Waals surface area contributed by atoms with Crippen molar-refractivity contribution < 1.29 is 14.3 Å². The lowest BCUT2D eigenvalue weighted by Gasteiger charge is -2.22. The smallest absolute Gasteiger partial charge is 0.282 e. The third kappa shape index (κ3) is 3.80. The van der Waals surface area contributed by atoms with Crippen LogP contribution in [-0.2, 0) is 16.1 Å². The second-order valence-corrected chi connectivity index (χ2v) is 7.57. The van der Waals surface area contributed by atoms with E-state index in [9.17, 15) is 9.59 Å². The zero-order chi connectivity index (χ0) is 22.0. The van der Waals surface area contributed by atoms with E-state index in [1.165, 1.54) is 0 Å². The fraction of sp³-hybridized carbons (Fsp3) is 0.120. The number of benzene rings is 3. The summed E-state index contributed by atoms with van der Waals surface area (Å²) in [6.45, 7) is 0.463. The first-order valence-corrected chi connectivity index (χ1v) is 10.2. The molecule has 0 aromatic heterocycles. The number of carbonyl (C=O) groups is 2. The summed E-state index contributed by atoms with van der Waals surface area (Å²) in [5.41, 5.74) is 2.54. The van der Waals surface area contributed by atoms with Crippen LogP contribution in [0.2, 0.25) is 5.02 Å². The summed E-state index contributed by atoms with van der Waals surface area (Å²) in [6.07, 6.45) is 0. The van der Waals surface area contributed by atoms with Crippen molar-refractivity contribution in [2.45, 2.75) is 6.54 Å². The minimum atomic E-state index is -0.433. The van der Waals surface area contributed by atoms with Gasteiger partial charge in [0, 0.05) is 19.2 Å². The fourth-order valence-corrected chi connectivity index (χ4v) is 3.97. The van der Waals surface area contributed by atoms with Crippen molar-refractivity contribution in [3.63, 3.8) is 0 Å². The molecule has 6 heteroatoms. The molecule has 2 amide bonds. The van der Waals surface area contributed by atoms with Crippen LogP contribution < -0.4 is 9.64 Å². The lowest BCUT2D eigenvalue weighted by molar-refractivity contribution is -0.120. The molecule has 0 bridgehead atoms. The van der Waals surface area contributed by atoms with E-state index in [-0.39, 0.29) is 0 Å². The van der Waals surface area contributed by atoms with Gasteiger partial charge in [-0.25, -0.2) is 4.90 Å². The number of rotatable bonds is 6. The van der Waals surface area contributed by atoms with Gasteiger partial charge in [0.2, 0.25) is 0 Å². The molecule has 3 aromatic rings. The summed E-state index contributed by atoms with van der Waals surface area (Å²) in [7, 11) is 3.35. The molecule has 5 nitrogen and oxygen atoms in total. The first-order valence-electron chi connectivity index (χ1n) is 9.79. The first-order chi connectivity index (χ1) is 15.0.